The van der Waals surface area contributed by atoms with Gasteiger partial charge in [-0.1, -0.05) is 17.7 Å². The lowest BCUT2D eigenvalue weighted by molar-refractivity contribution is -0.137. The summed E-state index contributed by atoms with van der Waals surface area (Å²) in [5, 5.41) is 19.7. The van der Waals surface area contributed by atoms with Gasteiger partial charge in [0.05, 0.1) is 23.0 Å². The first-order valence-electron chi connectivity index (χ1n) is 8.84. The normalized spacial score (nSPS) is 24.5. The van der Waals surface area contributed by atoms with Crippen LogP contribution in [0.1, 0.15) is 24.3 Å². The summed E-state index contributed by atoms with van der Waals surface area (Å²) in [6.07, 6.45) is -5.79. The van der Waals surface area contributed by atoms with E-state index in [1.165, 1.54) is 23.3 Å². The fourth-order valence-corrected chi connectivity index (χ4v) is 3.44. The number of alkyl halides is 3. The summed E-state index contributed by atoms with van der Waals surface area (Å²) >= 11 is 5.63. The van der Waals surface area contributed by atoms with Crippen LogP contribution >= 0.6 is 11.6 Å². The highest BCUT2D eigenvalue weighted by Gasteiger charge is 2.42. The van der Waals surface area contributed by atoms with Crippen molar-refractivity contribution in [3.05, 3.63) is 47.0 Å². The number of ether oxygens (including phenoxy) is 2. The number of rotatable bonds is 4. The molecule has 0 bridgehead atoms. The lowest BCUT2D eigenvalue weighted by Gasteiger charge is -2.16. The minimum absolute atomic E-state index is 0.0448. The molecule has 0 amide bonds. The van der Waals surface area contributed by atoms with Crippen LogP contribution in [-0.4, -0.2) is 48.0 Å². The summed E-state index contributed by atoms with van der Waals surface area (Å²) in [6, 6.07) is 3.48. The number of benzene rings is 1. The van der Waals surface area contributed by atoms with E-state index in [0.717, 1.165) is 12.1 Å². The Bertz CT molecular complexity index is 1080. The lowest BCUT2D eigenvalue weighted by Crippen LogP contribution is -2.30. The number of aliphatic hydroxyl groups is 2. The van der Waals surface area contributed by atoms with Crippen molar-refractivity contribution in [1.29, 1.82) is 0 Å². The van der Waals surface area contributed by atoms with E-state index in [1.807, 2.05) is 0 Å². The van der Waals surface area contributed by atoms with Crippen LogP contribution in [-0.2, 0) is 17.5 Å². The number of halogens is 4. The second-order valence-corrected chi connectivity index (χ2v) is 7.22. The molecule has 1 aliphatic rings. The van der Waals surface area contributed by atoms with Gasteiger partial charge in [-0.2, -0.15) is 18.2 Å². The Balaban J connectivity index is 1.59. The standard InChI is InChI=1S/C18H16ClF3N4O4/c1-8-13(27)14(28)17(30-8)26-7-25-12-15(26)23-6-24-16(12)29-5-9-2-3-11(19)10(4-9)18(20,21)22/h2-4,6-8,13-14,17,27-28H,5H2,1H3/t8-,13-,14-,17-/m1/s1. The maximum atomic E-state index is 13.0. The van der Waals surface area contributed by atoms with Gasteiger partial charge in [0, 0.05) is 0 Å². The minimum atomic E-state index is -4.59. The van der Waals surface area contributed by atoms with E-state index in [0.29, 0.717) is 0 Å². The number of hydrogen-bond acceptors (Lipinski definition) is 7. The van der Waals surface area contributed by atoms with Crippen LogP contribution in [0.2, 0.25) is 5.02 Å². The van der Waals surface area contributed by atoms with E-state index in [4.69, 9.17) is 21.1 Å². The first-order valence-corrected chi connectivity index (χ1v) is 9.22. The summed E-state index contributed by atoms with van der Waals surface area (Å²) in [5.41, 5.74) is -0.211. The van der Waals surface area contributed by atoms with Crippen molar-refractivity contribution in [3.8, 4) is 5.88 Å². The monoisotopic (exact) mass is 444 g/mol. The molecule has 160 valence electrons. The number of aromatic nitrogens is 4. The summed E-state index contributed by atoms with van der Waals surface area (Å²) in [4.78, 5) is 12.3. The Hall–Kier alpha value is -2.47. The molecule has 1 aromatic carbocycles. The third-order valence-corrected chi connectivity index (χ3v) is 5.12. The Morgan fingerprint density at radius 3 is 2.63 bits per heavy atom. The number of imidazole rings is 1. The van der Waals surface area contributed by atoms with Gasteiger partial charge in [-0.05, 0) is 24.6 Å². The van der Waals surface area contributed by atoms with Crippen LogP contribution in [0.5, 0.6) is 5.88 Å². The first-order chi connectivity index (χ1) is 14.2. The molecule has 2 N–H and O–H groups in total. The Morgan fingerprint density at radius 2 is 1.97 bits per heavy atom. The van der Waals surface area contributed by atoms with Crippen LogP contribution in [0.15, 0.2) is 30.9 Å². The summed E-state index contributed by atoms with van der Waals surface area (Å²) in [5.74, 6) is 0.0448. The van der Waals surface area contributed by atoms with Crippen molar-refractivity contribution in [2.45, 2.75) is 44.2 Å². The molecule has 0 aliphatic carbocycles. The molecule has 1 fully saturated rings. The number of aliphatic hydroxyl groups excluding tert-OH is 2. The van der Waals surface area contributed by atoms with E-state index in [2.05, 4.69) is 15.0 Å². The molecule has 1 aliphatic heterocycles. The van der Waals surface area contributed by atoms with Crippen LogP contribution < -0.4 is 4.74 Å². The van der Waals surface area contributed by atoms with Crippen molar-refractivity contribution in [2.75, 3.05) is 0 Å². The SMILES string of the molecule is C[C@H]1O[C@@H](n2cnc3c(OCc4ccc(Cl)c(C(F)(F)F)c4)ncnc32)[C@H](O)[C@@H]1O. The zero-order valence-corrected chi connectivity index (χ0v) is 16.2. The molecule has 0 unspecified atom stereocenters. The zero-order chi connectivity index (χ0) is 21.6. The molecule has 8 nitrogen and oxygen atoms in total. The predicted molar refractivity (Wildman–Crippen MR) is 97.7 cm³/mol. The third-order valence-electron chi connectivity index (χ3n) is 4.79. The number of nitrogens with zero attached hydrogens (tertiary/aromatic N) is 4. The first kappa shape index (κ1) is 20.8. The summed E-state index contributed by atoms with van der Waals surface area (Å²) in [6.45, 7) is 1.41. The van der Waals surface area contributed by atoms with Crippen LogP contribution in [0.3, 0.4) is 0 Å². The maximum Gasteiger partial charge on any atom is 0.417 e. The molecule has 2 aromatic heterocycles. The molecule has 1 saturated heterocycles. The second-order valence-electron chi connectivity index (χ2n) is 6.82. The van der Waals surface area contributed by atoms with Crippen molar-refractivity contribution < 1.29 is 32.9 Å². The smallest absolute Gasteiger partial charge is 0.417 e. The lowest BCUT2D eigenvalue weighted by atomic mass is 10.1. The van der Waals surface area contributed by atoms with E-state index in [9.17, 15) is 23.4 Å². The largest absolute Gasteiger partial charge is 0.471 e. The average molecular weight is 445 g/mol. The second kappa shape index (κ2) is 7.65. The summed E-state index contributed by atoms with van der Waals surface area (Å²) in [7, 11) is 0. The fourth-order valence-electron chi connectivity index (χ4n) is 3.21. The average Bonchev–Trinajstić information content (AvgIpc) is 3.23. The molecule has 3 aromatic rings. The van der Waals surface area contributed by atoms with Crippen molar-refractivity contribution >= 4 is 22.8 Å². The van der Waals surface area contributed by atoms with Gasteiger partial charge in [0.25, 0.3) is 0 Å². The maximum absolute atomic E-state index is 13.0. The third kappa shape index (κ3) is 3.69. The van der Waals surface area contributed by atoms with Gasteiger partial charge >= 0.3 is 6.18 Å². The van der Waals surface area contributed by atoms with Crippen LogP contribution in [0.25, 0.3) is 11.2 Å². The zero-order valence-electron chi connectivity index (χ0n) is 15.4. The molecule has 30 heavy (non-hydrogen) atoms. The molecule has 0 radical (unpaired) electrons. The highest BCUT2D eigenvalue weighted by Crippen LogP contribution is 2.36. The molecule has 3 heterocycles. The Labute approximate surface area is 172 Å². The van der Waals surface area contributed by atoms with Gasteiger partial charge < -0.3 is 19.7 Å². The quantitative estimate of drug-likeness (QED) is 0.637. The number of hydrogen-bond donors (Lipinski definition) is 2. The van der Waals surface area contributed by atoms with Gasteiger partial charge in [0.15, 0.2) is 17.4 Å². The predicted octanol–water partition coefficient (Wildman–Crippen LogP) is 2.72. The van der Waals surface area contributed by atoms with Gasteiger partial charge in [-0.25, -0.2) is 9.97 Å². The van der Waals surface area contributed by atoms with Crippen molar-refractivity contribution in [2.24, 2.45) is 0 Å². The highest BCUT2D eigenvalue weighted by molar-refractivity contribution is 6.31. The van der Waals surface area contributed by atoms with Crippen LogP contribution in [0, 0.1) is 0 Å². The molecule has 12 heteroatoms. The highest BCUT2D eigenvalue weighted by atomic mass is 35.5. The van der Waals surface area contributed by atoms with Gasteiger partial charge in [-0.3, -0.25) is 4.57 Å². The minimum Gasteiger partial charge on any atom is -0.471 e. The van der Waals surface area contributed by atoms with Crippen LogP contribution in [0.4, 0.5) is 13.2 Å². The topological polar surface area (TPSA) is 103 Å². The van der Waals surface area contributed by atoms with E-state index < -0.39 is 41.3 Å². The number of fused-ring (bicyclic) bond motifs is 1. The molecular formula is C18H16ClF3N4O4. The van der Waals surface area contributed by atoms with Gasteiger partial charge in [0.2, 0.25) is 5.88 Å². The van der Waals surface area contributed by atoms with E-state index >= 15 is 0 Å². The van der Waals surface area contributed by atoms with Crippen molar-refractivity contribution in [1.82, 2.24) is 19.5 Å². The molecule has 4 atom stereocenters. The molecule has 4 rings (SSSR count). The molecule has 0 spiro atoms. The van der Waals surface area contributed by atoms with Gasteiger partial charge in [-0.15, -0.1) is 0 Å². The molecular weight excluding hydrogens is 429 g/mol. The molecule has 0 saturated carbocycles. The summed E-state index contributed by atoms with van der Waals surface area (Å²) < 4.78 is 51.7. The van der Waals surface area contributed by atoms with Gasteiger partial charge in [0.1, 0.15) is 25.1 Å². The van der Waals surface area contributed by atoms with E-state index in [1.54, 1.807) is 6.92 Å². The van der Waals surface area contributed by atoms with E-state index in [-0.39, 0.29) is 29.2 Å². The Morgan fingerprint density at radius 1 is 1.20 bits per heavy atom. The fraction of sp³-hybridized carbons (Fsp3) is 0.389. The Kier molecular flexibility index (Phi) is 5.30. The van der Waals surface area contributed by atoms with Crippen molar-refractivity contribution in [3.63, 3.8) is 0 Å².